The van der Waals surface area contributed by atoms with Gasteiger partial charge in [-0.2, -0.15) is 4.98 Å². The molecule has 2 aromatic heterocycles. The highest BCUT2D eigenvalue weighted by atomic mass is 16.5. The fraction of sp³-hybridized carbons (Fsp3) is 0.600. The molecule has 0 amide bonds. The number of hydrogen-bond donors (Lipinski definition) is 0. The van der Waals surface area contributed by atoms with E-state index in [1.807, 2.05) is 6.07 Å². The lowest BCUT2D eigenvalue weighted by atomic mass is 10.2. The van der Waals surface area contributed by atoms with E-state index in [1.54, 1.807) is 12.4 Å². The number of rotatable bonds is 4. The lowest BCUT2D eigenvalue weighted by Crippen LogP contribution is -2.47. The average Bonchev–Trinajstić information content (AvgIpc) is 3.05. The number of anilines is 1. The summed E-state index contributed by atoms with van der Waals surface area (Å²) in [5, 5.41) is 4.05. The van der Waals surface area contributed by atoms with Gasteiger partial charge < -0.3 is 9.42 Å². The molecule has 1 aliphatic rings. The first-order chi connectivity index (χ1) is 10.6. The zero-order valence-corrected chi connectivity index (χ0v) is 13.3. The van der Waals surface area contributed by atoms with Crippen LogP contribution in [-0.4, -0.2) is 51.2 Å². The number of aromatic nitrogens is 4. The standard InChI is InChI=1S/C15H22N6O/c1-11(2)13-18-14(22-19-13)12(3)20-7-9-21(10-8-20)15-16-5-4-6-17-15/h4-6,11-12H,7-10H2,1-3H3. The highest BCUT2D eigenvalue weighted by molar-refractivity contribution is 5.29. The molecule has 2 aromatic rings. The minimum absolute atomic E-state index is 0.138. The maximum Gasteiger partial charge on any atom is 0.243 e. The van der Waals surface area contributed by atoms with Gasteiger partial charge in [-0.25, -0.2) is 9.97 Å². The van der Waals surface area contributed by atoms with Crippen molar-refractivity contribution in [3.63, 3.8) is 0 Å². The Labute approximate surface area is 130 Å². The van der Waals surface area contributed by atoms with Gasteiger partial charge in [0.2, 0.25) is 11.8 Å². The summed E-state index contributed by atoms with van der Waals surface area (Å²) in [5.41, 5.74) is 0. The molecule has 0 spiro atoms. The Morgan fingerprint density at radius 2 is 1.73 bits per heavy atom. The predicted octanol–water partition coefficient (Wildman–Crippen LogP) is 1.87. The van der Waals surface area contributed by atoms with Gasteiger partial charge in [0.1, 0.15) is 0 Å². The highest BCUT2D eigenvalue weighted by Gasteiger charge is 2.26. The Balaban J connectivity index is 1.60. The molecular formula is C15H22N6O. The normalized spacial score (nSPS) is 17.9. The molecule has 1 saturated heterocycles. The van der Waals surface area contributed by atoms with Gasteiger partial charge >= 0.3 is 0 Å². The minimum atomic E-state index is 0.138. The van der Waals surface area contributed by atoms with Gasteiger partial charge in [-0.15, -0.1) is 0 Å². The van der Waals surface area contributed by atoms with Crippen molar-refractivity contribution in [2.75, 3.05) is 31.1 Å². The van der Waals surface area contributed by atoms with E-state index in [1.165, 1.54) is 0 Å². The fourth-order valence-corrected chi connectivity index (χ4v) is 2.57. The second kappa shape index (κ2) is 6.39. The van der Waals surface area contributed by atoms with Crippen molar-refractivity contribution >= 4 is 5.95 Å². The lowest BCUT2D eigenvalue weighted by Gasteiger charge is -2.36. The Kier molecular flexibility index (Phi) is 4.33. The second-order valence-electron chi connectivity index (χ2n) is 5.89. The third kappa shape index (κ3) is 3.09. The molecule has 3 rings (SSSR count). The van der Waals surface area contributed by atoms with Crippen molar-refractivity contribution in [2.24, 2.45) is 0 Å². The average molecular weight is 302 g/mol. The molecule has 118 valence electrons. The molecule has 0 radical (unpaired) electrons. The van der Waals surface area contributed by atoms with E-state index in [0.717, 1.165) is 38.0 Å². The third-order valence-electron chi connectivity index (χ3n) is 4.03. The molecule has 0 saturated carbocycles. The molecule has 7 nitrogen and oxygen atoms in total. The number of hydrogen-bond acceptors (Lipinski definition) is 7. The summed E-state index contributed by atoms with van der Waals surface area (Å²) in [6, 6.07) is 1.97. The van der Waals surface area contributed by atoms with E-state index in [2.05, 4.69) is 50.7 Å². The Morgan fingerprint density at radius 3 is 2.32 bits per heavy atom. The van der Waals surface area contributed by atoms with Gasteiger partial charge in [0.15, 0.2) is 5.82 Å². The van der Waals surface area contributed by atoms with Crippen LogP contribution in [0.2, 0.25) is 0 Å². The molecule has 7 heteroatoms. The van der Waals surface area contributed by atoms with E-state index < -0.39 is 0 Å². The number of nitrogens with zero attached hydrogens (tertiary/aromatic N) is 6. The number of piperazine rings is 1. The third-order valence-corrected chi connectivity index (χ3v) is 4.03. The van der Waals surface area contributed by atoms with Gasteiger partial charge in [0.25, 0.3) is 0 Å². The molecule has 1 aliphatic heterocycles. The van der Waals surface area contributed by atoms with Crippen molar-refractivity contribution in [3.8, 4) is 0 Å². The van der Waals surface area contributed by atoms with E-state index in [-0.39, 0.29) is 12.0 Å². The molecular weight excluding hydrogens is 280 g/mol. The van der Waals surface area contributed by atoms with Crippen LogP contribution in [0.5, 0.6) is 0 Å². The summed E-state index contributed by atoms with van der Waals surface area (Å²) >= 11 is 0. The van der Waals surface area contributed by atoms with Gasteiger partial charge in [-0.05, 0) is 13.0 Å². The van der Waals surface area contributed by atoms with Crippen LogP contribution in [0, 0.1) is 0 Å². The van der Waals surface area contributed by atoms with Crippen LogP contribution < -0.4 is 4.90 Å². The SMILES string of the molecule is CC(C)c1noc(C(C)N2CCN(c3ncccn3)CC2)n1. The van der Waals surface area contributed by atoms with E-state index in [4.69, 9.17) is 4.52 Å². The van der Waals surface area contributed by atoms with Crippen LogP contribution in [-0.2, 0) is 0 Å². The van der Waals surface area contributed by atoms with Crippen LogP contribution in [0.4, 0.5) is 5.95 Å². The van der Waals surface area contributed by atoms with Gasteiger partial charge in [0.05, 0.1) is 6.04 Å². The van der Waals surface area contributed by atoms with Crippen LogP contribution in [0.15, 0.2) is 23.0 Å². The molecule has 0 N–H and O–H groups in total. The van der Waals surface area contributed by atoms with Crippen LogP contribution in [0.25, 0.3) is 0 Å². The summed E-state index contributed by atoms with van der Waals surface area (Å²) in [6.07, 6.45) is 3.56. The van der Waals surface area contributed by atoms with Crippen molar-refractivity contribution in [1.29, 1.82) is 0 Å². The smallest absolute Gasteiger partial charge is 0.243 e. The highest BCUT2D eigenvalue weighted by Crippen LogP contribution is 2.22. The minimum Gasteiger partial charge on any atom is -0.338 e. The molecule has 3 heterocycles. The molecule has 22 heavy (non-hydrogen) atoms. The maximum absolute atomic E-state index is 5.41. The van der Waals surface area contributed by atoms with Gasteiger partial charge in [-0.3, -0.25) is 4.90 Å². The second-order valence-corrected chi connectivity index (χ2v) is 5.89. The van der Waals surface area contributed by atoms with Crippen molar-refractivity contribution in [1.82, 2.24) is 25.0 Å². The fourth-order valence-electron chi connectivity index (χ4n) is 2.57. The predicted molar refractivity (Wildman–Crippen MR) is 82.6 cm³/mol. The molecule has 1 fully saturated rings. The molecule has 0 bridgehead atoms. The zero-order valence-electron chi connectivity index (χ0n) is 13.3. The van der Waals surface area contributed by atoms with E-state index in [0.29, 0.717) is 5.89 Å². The largest absolute Gasteiger partial charge is 0.338 e. The summed E-state index contributed by atoms with van der Waals surface area (Å²) in [5.74, 6) is 2.57. The van der Waals surface area contributed by atoms with Crippen LogP contribution >= 0.6 is 0 Å². The Bertz CT molecular complexity index is 591. The lowest BCUT2D eigenvalue weighted by molar-refractivity contribution is 0.163. The quantitative estimate of drug-likeness (QED) is 0.853. The topological polar surface area (TPSA) is 71.2 Å². The van der Waals surface area contributed by atoms with Crippen molar-refractivity contribution in [3.05, 3.63) is 30.2 Å². The van der Waals surface area contributed by atoms with Crippen molar-refractivity contribution in [2.45, 2.75) is 32.7 Å². The van der Waals surface area contributed by atoms with Crippen molar-refractivity contribution < 1.29 is 4.52 Å². The monoisotopic (exact) mass is 302 g/mol. The first-order valence-electron chi connectivity index (χ1n) is 7.74. The first kappa shape index (κ1) is 14.9. The summed E-state index contributed by atoms with van der Waals surface area (Å²) in [6.45, 7) is 9.92. The van der Waals surface area contributed by atoms with Crippen LogP contribution in [0.1, 0.15) is 44.4 Å². The Morgan fingerprint density at radius 1 is 1.05 bits per heavy atom. The maximum atomic E-state index is 5.41. The van der Waals surface area contributed by atoms with E-state index in [9.17, 15) is 0 Å². The first-order valence-corrected chi connectivity index (χ1v) is 7.74. The molecule has 0 aliphatic carbocycles. The van der Waals surface area contributed by atoms with Gasteiger partial charge in [0, 0.05) is 44.5 Å². The van der Waals surface area contributed by atoms with Crippen LogP contribution in [0.3, 0.4) is 0 Å². The Hall–Kier alpha value is -2.02. The molecule has 1 unspecified atom stereocenters. The molecule has 0 aromatic carbocycles. The molecule has 1 atom stereocenters. The summed E-state index contributed by atoms with van der Waals surface area (Å²) in [4.78, 5) is 17.7. The summed E-state index contributed by atoms with van der Waals surface area (Å²) in [7, 11) is 0. The summed E-state index contributed by atoms with van der Waals surface area (Å²) < 4.78 is 5.41. The zero-order chi connectivity index (χ0) is 15.5. The van der Waals surface area contributed by atoms with E-state index >= 15 is 0 Å². The van der Waals surface area contributed by atoms with Gasteiger partial charge in [-0.1, -0.05) is 19.0 Å².